The summed E-state index contributed by atoms with van der Waals surface area (Å²) in [5, 5.41) is 13.0. The molecule has 10 nitrogen and oxygen atoms in total. The van der Waals surface area contributed by atoms with Gasteiger partial charge in [0.25, 0.3) is 11.5 Å². The largest absolute Gasteiger partial charge is 0.463 e. The Kier molecular flexibility index (Phi) is 5.23. The molecule has 0 unspecified atom stereocenters. The standard InChI is InChI=1S/C22H18N6O4S/c1-12(2)13-11-20(29)25-22(23-13)28-19(10-14(26-28)16-5-3-7-31-16)24-21(30)15-9-17(32-27-15)18-6-4-8-33-18/h3-12H,1-2H3,(H,24,30)(H,23,25,29). The van der Waals surface area contributed by atoms with E-state index < -0.39 is 5.91 Å². The number of nitrogens with one attached hydrogen (secondary N) is 2. The van der Waals surface area contributed by atoms with Crippen LogP contribution in [0.5, 0.6) is 0 Å². The number of anilines is 1. The van der Waals surface area contributed by atoms with Gasteiger partial charge in [-0.3, -0.25) is 14.6 Å². The molecule has 0 fully saturated rings. The Morgan fingerprint density at radius 3 is 2.79 bits per heavy atom. The van der Waals surface area contributed by atoms with Crippen molar-refractivity contribution in [1.82, 2.24) is 24.9 Å². The summed E-state index contributed by atoms with van der Waals surface area (Å²) in [6.07, 6.45) is 1.52. The first-order chi connectivity index (χ1) is 16.0. The van der Waals surface area contributed by atoms with E-state index >= 15 is 0 Å². The first-order valence-corrected chi connectivity index (χ1v) is 10.9. The van der Waals surface area contributed by atoms with E-state index in [2.05, 4.69) is 25.5 Å². The van der Waals surface area contributed by atoms with Gasteiger partial charge in [0.05, 0.1) is 16.8 Å². The van der Waals surface area contributed by atoms with Gasteiger partial charge in [0.1, 0.15) is 11.5 Å². The Bertz CT molecular complexity index is 1460. The zero-order valence-electron chi connectivity index (χ0n) is 17.6. The van der Waals surface area contributed by atoms with Crippen LogP contribution >= 0.6 is 11.3 Å². The Morgan fingerprint density at radius 2 is 2.06 bits per heavy atom. The summed E-state index contributed by atoms with van der Waals surface area (Å²) in [6, 6.07) is 11.9. The maximum Gasteiger partial charge on any atom is 0.279 e. The van der Waals surface area contributed by atoms with Gasteiger partial charge in [-0.05, 0) is 29.5 Å². The summed E-state index contributed by atoms with van der Waals surface area (Å²) in [7, 11) is 0. The van der Waals surface area contributed by atoms with Crippen molar-refractivity contribution in [3.8, 4) is 28.0 Å². The molecule has 5 rings (SSSR count). The lowest BCUT2D eigenvalue weighted by Gasteiger charge is -2.09. The number of aromatic nitrogens is 5. The lowest BCUT2D eigenvalue weighted by Crippen LogP contribution is -2.19. The Labute approximate surface area is 190 Å². The van der Waals surface area contributed by atoms with Crippen LogP contribution in [0.2, 0.25) is 0 Å². The van der Waals surface area contributed by atoms with Crippen molar-refractivity contribution in [2.24, 2.45) is 0 Å². The molecular formula is C22H18N6O4S. The van der Waals surface area contributed by atoms with E-state index in [0.717, 1.165) is 4.88 Å². The van der Waals surface area contributed by atoms with Gasteiger partial charge in [-0.25, -0.2) is 4.98 Å². The summed E-state index contributed by atoms with van der Waals surface area (Å²) in [6.45, 7) is 3.86. The normalized spacial score (nSPS) is 11.2. The van der Waals surface area contributed by atoms with E-state index in [0.29, 0.717) is 22.9 Å². The minimum Gasteiger partial charge on any atom is -0.463 e. The minimum atomic E-state index is -0.504. The summed E-state index contributed by atoms with van der Waals surface area (Å²) < 4.78 is 12.1. The quantitative estimate of drug-likeness (QED) is 0.384. The van der Waals surface area contributed by atoms with E-state index in [-0.39, 0.29) is 28.9 Å². The molecule has 0 aliphatic heterocycles. The zero-order valence-corrected chi connectivity index (χ0v) is 18.4. The molecule has 5 aromatic heterocycles. The fourth-order valence-electron chi connectivity index (χ4n) is 3.13. The second kappa shape index (κ2) is 8.36. The van der Waals surface area contributed by atoms with Crippen molar-refractivity contribution >= 4 is 23.1 Å². The Hall–Kier alpha value is -4.25. The van der Waals surface area contributed by atoms with Crippen LogP contribution < -0.4 is 10.9 Å². The Morgan fingerprint density at radius 1 is 1.18 bits per heavy atom. The molecule has 5 aromatic rings. The third kappa shape index (κ3) is 4.13. The SMILES string of the molecule is CC(C)c1cc(=O)[nH]c(-n2nc(-c3ccco3)cc2NC(=O)c2cc(-c3cccs3)on2)n1. The molecule has 0 spiro atoms. The monoisotopic (exact) mass is 462 g/mol. The van der Waals surface area contributed by atoms with Gasteiger partial charge in [0, 0.05) is 18.2 Å². The third-order valence-electron chi connectivity index (χ3n) is 4.77. The predicted octanol–water partition coefficient (Wildman–Crippen LogP) is 4.31. The van der Waals surface area contributed by atoms with Crippen LogP contribution in [-0.2, 0) is 0 Å². The van der Waals surface area contributed by atoms with Gasteiger partial charge in [-0.15, -0.1) is 11.3 Å². The molecule has 0 aliphatic carbocycles. The van der Waals surface area contributed by atoms with Gasteiger partial charge in [0.15, 0.2) is 17.2 Å². The fraction of sp³-hybridized carbons (Fsp3) is 0.136. The smallest absolute Gasteiger partial charge is 0.279 e. The number of rotatable bonds is 6. The summed E-state index contributed by atoms with van der Waals surface area (Å²) in [5.74, 6) is 0.949. The topological polar surface area (TPSA) is 132 Å². The lowest BCUT2D eigenvalue weighted by molar-refractivity contribution is 0.101. The average Bonchev–Trinajstić information content (AvgIpc) is 3.60. The minimum absolute atomic E-state index is 0.0231. The molecule has 0 saturated heterocycles. The molecule has 1 amide bonds. The molecule has 2 N–H and O–H groups in total. The number of hydrogen-bond donors (Lipinski definition) is 2. The van der Waals surface area contributed by atoms with Crippen LogP contribution in [0.4, 0.5) is 5.82 Å². The van der Waals surface area contributed by atoms with Gasteiger partial charge in [0.2, 0.25) is 5.95 Å². The highest BCUT2D eigenvalue weighted by atomic mass is 32.1. The van der Waals surface area contributed by atoms with Crippen LogP contribution in [0.25, 0.3) is 28.0 Å². The maximum absolute atomic E-state index is 12.9. The number of thiophene rings is 1. The van der Waals surface area contributed by atoms with Gasteiger partial charge >= 0.3 is 0 Å². The van der Waals surface area contributed by atoms with Crippen molar-refractivity contribution in [1.29, 1.82) is 0 Å². The highest BCUT2D eigenvalue weighted by molar-refractivity contribution is 7.13. The van der Waals surface area contributed by atoms with Gasteiger partial charge in [-0.2, -0.15) is 9.78 Å². The number of amides is 1. The molecule has 5 heterocycles. The third-order valence-corrected chi connectivity index (χ3v) is 5.66. The molecule has 33 heavy (non-hydrogen) atoms. The van der Waals surface area contributed by atoms with Crippen LogP contribution in [0.15, 0.2) is 67.8 Å². The lowest BCUT2D eigenvalue weighted by atomic mass is 10.1. The molecular weight excluding hydrogens is 444 g/mol. The Balaban J connectivity index is 1.53. The van der Waals surface area contributed by atoms with Crippen molar-refractivity contribution in [2.45, 2.75) is 19.8 Å². The number of H-pyrrole nitrogens is 1. The molecule has 0 saturated carbocycles. The highest BCUT2D eigenvalue weighted by Crippen LogP contribution is 2.27. The fourth-order valence-corrected chi connectivity index (χ4v) is 3.81. The molecule has 0 atom stereocenters. The first kappa shape index (κ1) is 20.6. The van der Waals surface area contributed by atoms with E-state index in [9.17, 15) is 9.59 Å². The number of carbonyl (C=O) groups excluding carboxylic acids is 1. The maximum atomic E-state index is 12.9. The summed E-state index contributed by atoms with van der Waals surface area (Å²) in [5.41, 5.74) is 0.821. The van der Waals surface area contributed by atoms with Crippen LogP contribution in [0.3, 0.4) is 0 Å². The van der Waals surface area contributed by atoms with E-state index in [1.165, 1.54) is 28.3 Å². The molecule has 166 valence electrons. The second-order valence-electron chi connectivity index (χ2n) is 7.46. The average molecular weight is 462 g/mol. The summed E-state index contributed by atoms with van der Waals surface area (Å²) in [4.78, 5) is 33.2. The molecule has 0 radical (unpaired) electrons. The highest BCUT2D eigenvalue weighted by Gasteiger charge is 2.20. The number of nitrogens with zero attached hydrogens (tertiary/aromatic N) is 4. The van der Waals surface area contributed by atoms with Crippen LogP contribution in [0.1, 0.15) is 35.9 Å². The predicted molar refractivity (Wildman–Crippen MR) is 122 cm³/mol. The number of carbonyl (C=O) groups is 1. The van der Waals surface area contributed by atoms with Crippen molar-refractivity contribution in [3.05, 3.63) is 75.8 Å². The van der Waals surface area contributed by atoms with E-state index in [4.69, 9.17) is 8.94 Å². The van der Waals surface area contributed by atoms with Crippen LogP contribution in [-0.4, -0.2) is 30.8 Å². The number of hydrogen-bond acceptors (Lipinski definition) is 8. The molecule has 0 aliphatic rings. The van der Waals surface area contributed by atoms with E-state index in [1.807, 2.05) is 31.4 Å². The van der Waals surface area contributed by atoms with Crippen molar-refractivity contribution in [2.75, 3.05) is 5.32 Å². The van der Waals surface area contributed by atoms with E-state index in [1.54, 1.807) is 24.3 Å². The molecule has 11 heteroatoms. The summed E-state index contributed by atoms with van der Waals surface area (Å²) >= 11 is 1.48. The van der Waals surface area contributed by atoms with Gasteiger partial charge < -0.3 is 14.3 Å². The van der Waals surface area contributed by atoms with Crippen molar-refractivity contribution < 1.29 is 13.7 Å². The first-order valence-electron chi connectivity index (χ1n) is 10.1. The zero-order chi connectivity index (χ0) is 22.9. The van der Waals surface area contributed by atoms with Crippen molar-refractivity contribution in [3.63, 3.8) is 0 Å². The second-order valence-corrected chi connectivity index (χ2v) is 8.41. The molecule has 0 bridgehead atoms. The number of aromatic amines is 1. The number of furan rings is 1. The van der Waals surface area contributed by atoms with Gasteiger partial charge in [-0.1, -0.05) is 25.1 Å². The van der Waals surface area contributed by atoms with Crippen LogP contribution in [0, 0.1) is 0 Å². The molecule has 0 aromatic carbocycles.